The smallest absolute Gasteiger partial charge is 0.408 e. The molecule has 0 aliphatic heterocycles. The van der Waals surface area contributed by atoms with Crippen molar-refractivity contribution in [3.05, 3.63) is 33.5 Å². The average Bonchev–Trinajstić information content (AvgIpc) is 2.39. The van der Waals surface area contributed by atoms with Gasteiger partial charge in [-0.15, -0.1) is 0 Å². The van der Waals surface area contributed by atoms with E-state index >= 15 is 0 Å². The third-order valence-corrected chi connectivity index (χ3v) is 1.78. The number of aromatic nitrogens is 1. The van der Waals surface area contributed by atoms with Gasteiger partial charge in [0.25, 0.3) is 0 Å². The molecule has 5 heteroatoms. The van der Waals surface area contributed by atoms with Crippen LogP contribution in [0.25, 0.3) is 11.1 Å². The van der Waals surface area contributed by atoms with Crippen molar-refractivity contribution in [1.29, 1.82) is 0 Å². The molecule has 1 N–H and O–H groups in total. The first kappa shape index (κ1) is 7.36. The van der Waals surface area contributed by atoms with E-state index < -0.39 is 11.6 Å². The Bertz CT molecular complexity index is 488. The number of rotatable bonds is 0. The fourth-order valence-electron chi connectivity index (χ4n) is 0.962. The van der Waals surface area contributed by atoms with Crippen LogP contribution in [0.5, 0.6) is 0 Å². The van der Waals surface area contributed by atoms with E-state index in [1.54, 1.807) is 0 Å². The summed E-state index contributed by atoms with van der Waals surface area (Å²) in [5, 5.41) is -0.0421. The van der Waals surface area contributed by atoms with Crippen LogP contribution in [-0.2, 0) is 0 Å². The minimum Gasteiger partial charge on any atom is -0.408 e. The van der Waals surface area contributed by atoms with E-state index in [0.717, 1.165) is 0 Å². The van der Waals surface area contributed by atoms with Crippen molar-refractivity contribution in [2.24, 2.45) is 0 Å². The third-order valence-electron chi connectivity index (χ3n) is 1.49. The van der Waals surface area contributed by atoms with Crippen LogP contribution in [0, 0.1) is 5.82 Å². The van der Waals surface area contributed by atoms with E-state index in [0.29, 0.717) is 0 Å². The van der Waals surface area contributed by atoms with Crippen molar-refractivity contribution in [3.8, 4) is 0 Å². The predicted molar refractivity (Wildman–Crippen MR) is 41.8 cm³/mol. The van der Waals surface area contributed by atoms with Crippen molar-refractivity contribution in [3.63, 3.8) is 0 Å². The third kappa shape index (κ3) is 0.921. The monoisotopic (exact) mass is 187 g/mol. The van der Waals surface area contributed by atoms with Crippen LogP contribution in [0.1, 0.15) is 0 Å². The summed E-state index contributed by atoms with van der Waals surface area (Å²) < 4.78 is 17.6. The molecule has 62 valence electrons. The first-order valence-corrected chi connectivity index (χ1v) is 3.53. The van der Waals surface area contributed by atoms with E-state index in [2.05, 4.69) is 9.40 Å². The highest BCUT2D eigenvalue weighted by Crippen LogP contribution is 2.21. The maximum atomic E-state index is 13.0. The van der Waals surface area contributed by atoms with Gasteiger partial charge < -0.3 is 4.42 Å². The lowest BCUT2D eigenvalue weighted by atomic mass is 10.3. The Balaban J connectivity index is 2.99. The molecule has 0 amide bonds. The number of hydrogen-bond donors (Lipinski definition) is 1. The highest BCUT2D eigenvalue weighted by Gasteiger charge is 2.09. The van der Waals surface area contributed by atoms with Gasteiger partial charge in [-0.05, 0) is 12.1 Å². The Morgan fingerprint density at radius 3 is 3.00 bits per heavy atom. The van der Waals surface area contributed by atoms with Gasteiger partial charge in [0.1, 0.15) is 5.52 Å². The van der Waals surface area contributed by atoms with Crippen molar-refractivity contribution < 1.29 is 8.81 Å². The molecule has 0 saturated carbocycles. The number of benzene rings is 1. The molecule has 2 aromatic rings. The molecular formula is C7H3ClFNO2. The summed E-state index contributed by atoms with van der Waals surface area (Å²) in [6.45, 7) is 0. The summed E-state index contributed by atoms with van der Waals surface area (Å²) in [6.07, 6.45) is 0. The van der Waals surface area contributed by atoms with Crippen LogP contribution >= 0.6 is 11.6 Å². The van der Waals surface area contributed by atoms with E-state index in [1.807, 2.05) is 0 Å². The van der Waals surface area contributed by atoms with Gasteiger partial charge in [0, 0.05) is 0 Å². The standard InChI is InChI=1S/C7H3ClFNO2/c8-3-1-2-4-6(5(3)9)10-7(11)12-4/h1-2H,(H,10,11). The van der Waals surface area contributed by atoms with Crippen molar-refractivity contribution >= 4 is 22.7 Å². The summed E-state index contributed by atoms with van der Waals surface area (Å²) in [5.74, 6) is -1.36. The van der Waals surface area contributed by atoms with Crippen molar-refractivity contribution in [2.75, 3.05) is 0 Å². The summed E-state index contributed by atoms with van der Waals surface area (Å²) in [4.78, 5) is 12.8. The number of oxazole rings is 1. The van der Waals surface area contributed by atoms with Crippen LogP contribution in [0.2, 0.25) is 5.02 Å². The molecule has 1 aromatic carbocycles. The fourth-order valence-corrected chi connectivity index (χ4v) is 1.12. The zero-order valence-corrected chi connectivity index (χ0v) is 6.48. The van der Waals surface area contributed by atoms with Gasteiger partial charge in [0.2, 0.25) is 0 Å². The first-order chi connectivity index (χ1) is 5.68. The molecule has 0 fully saturated rings. The predicted octanol–water partition coefficient (Wildman–Crippen LogP) is 1.91. The minimum absolute atomic E-state index is 0.00694. The Hall–Kier alpha value is -1.29. The first-order valence-electron chi connectivity index (χ1n) is 3.15. The second kappa shape index (κ2) is 2.35. The molecule has 2 rings (SSSR count). The number of halogens is 2. The maximum absolute atomic E-state index is 13.0. The average molecular weight is 188 g/mol. The van der Waals surface area contributed by atoms with Crippen LogP contribution in [-0.4, -0.2) is 4.98 Å². The molecular weight excluding hydrogens is 185 g/mol. The van der Waals surface area contributed by atoms with E-state index in [-0.39, 0.29) is 16.1 Å². The number of hydrogen-bond acceptors (Lipinski definition) is 2. The summed E-state index contributed by atoms with van der Waals surface area (Å²) in [7, 11) is 0. The largest absolute Gasteiger partial charge is 0.417 e. The van der Waals surface area contributed by atoms with Gasteiger partial charge in [0.05, 0.1) is 5.02 Å². The minimum atomic E-state index is -0.689. The maximum Gasteiger partial charge on any atom is 0.417 e. The zero-order valence-electron chi connectivity index (χ0n) is 5.73. The highest BCUT2D eigenvalue weighted by atomic mass is 35.5. The number of fused-ring (bicyclic) bond motifs is 1. The van der Waals surface area contributed by atoms with Crippen molar-refractivity contribution in [1.82, 2.24) is 4.98 Å². The lowest BCUT2D eigenvalue weighted by Gasteiger charge is -1.91. The normalized spacial score (nSPS) is 10.8. The summed E-state index contributed by atoms with van der Waals surface area (Å²) in [6, 6.07) is 2.76. The zero-order chi connectivity index (χ0) is 8.72. The molecule has 0 aliphatic rings. The van der Waals surface area contributed by atoms with Crippen LogP contribution in [0.4, 0.5) is 4.39 Å². The molecule has 0 atom stereocenters. The van der Waals surface area contributed by atoms with Gasteiger partial charge in [-0.1, -0.05) is 11.6 Å². The molecule has 0 unspecified atom stereocenters. The van der Waals surface area contributed by atoms with Gasteiger partial charge in [-0.25, -0.2) is 9.18 Å². The molecule has 0 radical (unpaired) electrons. The topological polar surface area (TPSA) is 46.0 Å². The summed E-state index contributed by atoms with van der Waals surface area (Å²) >= 11 is 5.46. The Morgan fingerprint density at radius 2 is 2.25 bits per heavy atom. The quantitative estimate of drug-likeness (QED) is 0.685. The highest BCUT2D eigenvalue weighted by molar-refractivity contribution is 6.31. The van der Waals surface area contributed by atoms with Crippen LogP contribution in [0.15, 0.2) is 21.3 Å². The van der Waals surface area contributed by atoms with Gasteiger partial charge in [0.15, 0.2) is 11.4 Å². The fraction of sp³-hybridized carbons (Fsp3) is 0. The number of aromatic amines is 1. The second-order valence-electron chi connectivity index (χ2n) is 2.25. The Kier molecular flexibility index (Phi) is 1.44. The molecule has 0 bridgehead atoms. The van der Waals surface area contributed by atoms with Crippen LogP contribution in [0.3, 0.4) is 0 Å². The Labute approximate surface area is 70.8 Å². The lowest BCUT2D eigenvalue weighted by Crippen LogP contribution is -1.93. The van der Waals surface area contributed by atoms with Gasteiger partial charge >= 0.3 is 5.76 Å². The van der Waals surface area contributed by atoms with Crippen LogP contribution < -0.4 is 5.76 Å². The number of H-pyrrole nitrogens is 1. The number of nitrogens with one attached hydrogen (secondary N) is 1. The molecule has 0 aliphatic carbocycles. The second-order valence-corrected chi connectivity index (χ2v) is 2.66. The van der Waals surface area contributed by atoms with E-state index in [1.165, 1.54) is 12.1 Å². The lowest BCUT2D eigenvalue weighted by molar-refractivity contribution is 0.555. The summed E-state index contributed by atoms with van der Waals surface area (Å²) in [5.41, 5.74) is 0.175. The molecule has 1 aromatic heterocycles. The molecule has 1 heterocycles. The van der Waals surface area contributed by atoms with Gasteiger partial charge in [-0.3, -0.25) is 4.98 Å². The molecule has 12 heavy (non-hydrogen) atoms. The van der Waals surface area contributed by atoms with E-state index in [9.17, 15) is 9.18 Å². The van der Waals surface area contributed by atoms with Gasteiger partial charge in [-0.2, -0.15) is 0 Å². The van der Waals surface area contributed by atoms with E-state index in [4.69, 9.17) is 11.6 Å². The SMILES string of the molecule is O=c1[nH]c2c(F)c(Cl)ccc2o1. The van der Waals surface area contributed by atoms with Crippen molar-refractivity contribution in [2.45, 2.75) is 0 Å². The molecule has 0 saturated heterocycles. The Morgan fingerprint density at radius 1 is 1.50 bits per heavy atom. The molecule has 0 spiro atoms. The molecule has 3 nitrogen and oxygen atoms in total.